The van der Waals surface area contributed by atoms with Crippen LogP contribution in [0.5, 0.6) is 0 Å². The van der Waals surface area contributed by atoms with Crippen LogP contribution in [-0.2, 0) is 49.7 Å². The third-order valence-electron chi connectivity index (χ3n) is 9.35. The Balaban J connectivity index is 1.25. The van der Waals surface area contributed by atoms with Gasteiger partial charge in [-0.25, -0.2) is 8.78 Å². The van der Waals surface area contributed by atoms with Crippen LogP contribution in [0, 0.1) is 11.6 Å². The second-order valence-electron chi connectivity index (χ2n) is 12.4. The molecule has 1 amide bonds. The maximum Gasteiger partial charge on any atom is 0.416 e. The topological polar surface area (TPSA) is 54.3 Å². The predicted molar refractivity (Wildman–Crippen MR) is 170 cm³/mol. The van der Waals surface area contributed by atoms with Gasteiger partial charge in [-0.2, -0.15) is 13.2 Å². The molecular weight excluding hydrogens is 613 g/mol. The van der Waals surface area contributed by atoms with E-state index >= 15 is 0 Å². The van der Waals surface area contributed by atoms with Crippen LogP contribution in [0.15, 0.2) is 77.6 Å². The molecule has 2 heterocycles. The number of pyridine rings is 1. The average molecular weight is 650 g/mol. The minimum atomic E-state index is -4.40. The molecule has 0 saturated carbocycles. The van der Waals surface area contributed by atoms with Gasteiger partial charge in [-0.05, 0) is 98.5 Å². The van der Waals surface area contributed by atoms with Crippen molar-refractivity contribution in [3.63, 3.8) is 0 Å². The lowest BCUT2D eigenvalue weighted by Crippen LogP contribution is -2.47. The van der Waals surface area contributed by atoms with Gasteiger partial charge >= 0.3 is 6.18 Å². The third-order valence-corrected chi connectivity index (χ3v) is 9.35. The molecule has 3 aromatic carbocycles. The number of benzene rings is 3. The van der Waals surface area contributed by atoms with Crippen LogP contribution in [0.1, 0.15) is 52.9 Å². The lowest BCUT2D eigenvalue weighted by atomic mass is 10.0. The highest BCUT2D eigenvalue weighted by Crippen LogP contribution is 2.31. The Labute approximate surface area is 270 Å². The number of alkyl halides is 3. The number of aromatic nitrogens is 1. The zero-order chi connectivity index (χ0) is 33.1. The van der Waals surface area contributed by atoms with Gasteiger partial charge in [0, 0.05) is 35.6 Å². The molecule has 4 aromatic rings. The summed E-state index contributed by atoms with van der Waals surface area (Å²) < 4.78 is 69.3. The van der Waals surface area contributed by atoms with Crippen molar-refractivity contribution < 1.29 is 26.7 Å². The molecule has 1 aliphatic carbocycles. The van der Waals surface area contributed by atoms with Gasteiger partial charge in [-0.3, -0.25) is 9.59 Å². The molecule has 0 unspecified atom stereocenters. The van der Waals surface area contributed by atoms with Crippen LogP contribution in [0.25, 0.3) is 11.1 Å². The van der Waals surface area contributed by atoms with E-state index in [1.165, 1.54) is 24.3 Å². The monoisotopic (exact) mass is 649 g/mol. The van der Waals surface area contributed by atoms with Crippen molar-refractivity contribution in [1.29, 1.82) is 0 Å². The molecule has 0 spiro atoms. The summed E-state index contributed by atoms with van der Waals surface area (Å²) in [5.74, 6) is -1.92. The molecule has 1 saturated heterocycles. The van der Waals surface area contributed by atoms with Crippen molar-refractivity contribution in [2.24, 2.45) is 0 Å². The second kappa shape index (κ2) is 13.8. The number of amides is 1. The Bertz CT molecular complexity index is 1790. The van der Waals surface area contributed by atoms with Gasteiger partial charge in [0.1, 0.15) is 6.54 Å². The molecular formula is C37H36F5N3O2. The van der Waals surface area contributed by atoms with Gasteiger partial charge in [0.15, 0.2) is 17.1 Å². The number of hydrogen-bond donors (Lipinski definition) is 1. The van der Waals surface area contributed by atoms with E-state index in [0.29, 0.717) is 36.2 Å². The van der Waals surface area contributed by atoms with E-state index in [2.05, 4.69) is 5.32 Å². The first-order valence-electron chi connectivity index (χ1n) is 16.0. The lowest BCUT2D eigenvalue weighted by molar-refractivity contribution is -0.137. The van der Waals surface area contributed by atoms with E-state index < -0.39 is 23.4 Å². The van der Waals surface area contributed by atoms with Crippen molar-refractivity contribution >= 4 is 5.91 Å². The first kappa shape index (κ1) is 32.6. The maximum absolute atomic E-state index is 14.5. The molecule has 0 bridgehead atoms. The van der Waals surface area contributed by atoms with E-state index in [9.17, 15) is 31.5 Å². The molecule has 1 N–H and O–H groups in total. The van der Waals surface area contributed by atoms with Crippen LogP contribution in [0.4, 0.5) is 22.0 Å². The largest absolute Gasteiger partial charge is 0.416 e. The zero-order valence-corrected chi connectivity index (χ0v) is 25.9. The summed E-state index contributed by atoms with van der Waals surface area (Å²) in [6, 6.07) is 18.1. The highest BCUT2D eigenvalue weighted by molar-refractivity contribution is 5.77. The number of hydrogen-bond acceptors (Lipinski definition) is 3. The molecule has 0 atom stereocenters. The van der Waals surface area contributed by atoms with Gasteiger partial charge in [-0.15, -0.1) is 0 Å². The number of rotatable bonds is 9. The number of halogens is 5. The summed E-state index contributed by atoms with van der Waals surface area (Å²) in [6.45, 7) is 1.93. The lowest BCUT2D eigenvalue weighted by Gasteiger charge is -2.35. The van der Waals surface area contributed by atoms with Gasteiger partial charge in [0.2, 0.25) is 5.91 Å². The number of aryl methyl sites for hydroxylation is 2. The Morgan fingerprint density at radius 1 is 0.894 bits per heavy atom. The van der Waals surface area contributed by atoms with Crippen molar-refractivity contribution in [2.45, 2.75) is 70.3 Å². The number of fused-ring (bicyclic) bond motifs is 1. The molecule has 1 aromatic heterocycles. The van der Waals surface area contributed by atoms with Crippen molar-refractivity contribution in [2.75, 3.05) is 13.1 Å². The molecule has 246 valence electrons. The molecule has 0 radical (unpaired) electrons. The van der Waals surface area contributed by atoms with Crippen LogP contribution in [0.3, 0.4) is 0 Å². The van der Waals surface area contributed by atoms with Gasteiger partial charge in [0.05, 0.1) is 5.56 Å². The zero-order valence-electron chi connectivity index (χ0n) is 25.9. The van der Waals surface area contributed by atoms with E-state index in [1.54, 1.807) is 6.07 Å². The van der Waals surface area contributed by atoms with Crippen LogP contribution in [0.2, 0.25) is 0 Å². The second-order valence-corrected chi connectivity index (χ2v) is 12.4. The predicted octanol–water partition coefficient (Wildman–Crippen LogP) is 6.87. The Hall–Kier alpha value is -4.31. The fourth-order valence-electron chi connectivity index (χ4n) is 6.81. The quantitative estimate of drug-likeness (QED) is 0.202. The number of nitrogens with zero attached hydrogens (tertiary/aromatic N) is 2. The van der Waals surface area contributed by atoms with E-state index in [0.717, 1.165) is 67.4 Å². The summed E-state index contributed by atoms with van der Waals surface area (Å²) in [5.41, 5.74) is 3.92. The fraction of sp³-hybridized carbons (Fsp3) is 0.351. The third kappa shape index (κ3) is 7.32. The summed E-state index contributed by atoms with van der Waals surface area (Å²) in [5, 5.41) is 3.35. The summed E-state index contributed by atoms with van der Waals surface area (Å²) in [6.07, 6.45) is -0.267. The summed E-state index contributed by atoms with van der Waals surface area (Å²) in [7, 11) is 0. The molecule has 5 nitrogen and oxygen atoms in total. The number of nitrogens with one attached hydrogen (secondary N) is 1. The van der Waals surface area contributed by atoms with Crippen molar-refractivity contribution in [3.8, 4) is 11.1 Å². The average Bonchev–Trinajstić information content (AvgIpc) is 3.57. The van der Waals surface area contributed by atoms with Gasteiger partial charge in [0.25, 0.3) is 0 Å². The first-order valence-corrected chi connectivity index (χ1v) is 16.0. The fourth-order valence-corrected chi connectivity index (χ4v) is 6.81. The number of carbonyl (C=O) groups is 1. The molecule has 10 heteroatoms. The van der Waals surface area contributed by atoms with Gasteiger partial charge in [-0.1, -0.05) is 48.5 Å². The normalized spacial score (nSPS) is 15.1. The Morgan fingerprint density at radius 2 is 1.57 bits per heavy atom. The number of carbonyl (C=O) groups excluding carboxylic acids is 1. The smallest absolute Gasteiger partial charge is 0.339 e. The highest BCUT2D eigenvalue weighted by Gasteiger charge is 2.30. The van der Waals surface area contributed by atoms with Crippen molar-refractivity contribution in [3.05, 3.63) is 128 Å². The van der Waals surface area contributed by atoms with E-state index in [1.807, 2.05) is 33.7 Å². The van der Waals surface area contributed by atoms with Gasteiger partial charge < -0.3 is 14.8 Å². The summed E-state index contributed by atoms with van der Waals surface area (Å²) >= 11 is 0. The highest BCUT2D eigenvalue weighted by atomic mass is 19.4. The molecule has 6 rings (SSSR count). The summed E-state index contributed by atoms with van der Waals surface area (Å²) in [4.78, 5) is 29.1. The Morgan fingerprint density at radius 3 is 2.26 bits per heavy atom. The molecule has 1 fully saturated rings. The van der Waals surface area contributed by atoms with E-state index in [-0.39, 0.29) is 42.3 Å². The van der Waals surface area contributed by atoms with Crippen molar-refractivity contribution in [1.82, 2.24) is 14.8 Å². The SMILES string of the molecule is O=C(Cn1c(CCc2cccc(F)c2F)cc(=O)c2c1CCC2)N(Cc1ccc(-c2ccc(C(F)(F)F)cc2)cc1)C1CCNCC1. The van der Waals surface area contributed by atoms with Crippen LogP contribution >= 0.6 is 0 Å². The van der Waals surface area contributed by atoms with Crippen LogP contribution < -0.4 is 10.7 Å². The van der Waals surface area contributed by atoms with E-state index in [4.69, 9.17) is 0 Å². The number of piperidine rings is 1. The standard InChI is InChI=1S/C37H36F5N3O2/c38-32-5-1-3-27(36(32)39)13-16-30-21-34(46)31-4-2-6-33(31)44(30)23-35(47)45(29-17-19-43-20-18-29)22-24-7-9-25(10-8-24)26-11-14-28(15-12-26)37(40,41)42/h1,3,5,7-12,14-15,21,29,43H,2,4,6,13,16-20,22-23H2. The minimum Gasteiger partial charge on any atom is -0.339 e. The molecule has 47 heavy (non-hydrogen) atoms. The molecule has 2 aliphatic rings. The first-order chi connectivity index (χ1) is 22.6. The molecule has 1 aliphatic heterocycles. The van der Waals surface area contributed by atoms with Crippen LogP contribution in [-0.4, -0.2) is 34.5 Å². The minimum absolute atomic E-state index is 0.00407. The maximum atomic E-state index is 14.5. The Kier molecular flexibility index (Phi) is 9.59.